The lowest BCUT2D eigenvalue weighted by Crippen LogP contribution is -2.38. The van der Waals surface area contributed by atoms with Crippen molar-refractivity contribution in [3.63, 3.8) is 0 Å². The normalized spacial score (nSPS) is 18.8. The number of hydrogen-bond acceptors (Lipinski definition) is 4. The third kappa shape index (κ3) is 2.90. The van der Waals surface area contributed by atoms with E-state index in [4.69, 9.17) is 0 Å². The zero-order valence-corrected chi connectivity index (χ0v) is 12.7. The van der Waals surface area contributed by atoms with Crippen LogP contribution in [0, 0.1) is 0 Å². The smallest absolute Gasteiger partial charge is 0.283 e. The summed E-state index contributed by atoms with van der Waals surface area (Å²) in [5.41, 5.74) is 0.788. The summed E-state index contributed by atoms with van der Waals surface area (Å²) >= 11 is 3.42. The van der Waals surface area contributed by atoms with Crippen LogP contribution in [0.5, 0.6) is 0 Å². The predicted molar refractivity (Wildman–Crippen MR) is 80.7 cm³/mol. The molecule has 1 aliphatic heterocycles. The van der Waals surface area contributed by atoms with Crippen molar-refractivity contribution in [2.75, 3.05) is 25.0 Å². The van der Waals surface area contributed by atoms with E-state index in [1.54, 1.807) is 12.3 Å². The van der Waals surface area contributed by atoms with Crippen LogP contribution in [0.15, 0.2) is 28.1 Å². The highest BCUT2D eigenvalue weighted by atomic mass is 79.9. The molecule has 1 saturated heterocycles. The van der Waals surface area contributed by atoms with Gasteiger partial charge in [0.15, 0.2) is 0 Å². The highest BCUT2D eigenvalue weighted by Crippen LogP contribution is 2.29. The van der Waals surface area contributed by atoms with E-state index in [0.29, 0.717) is 17.1 Å². The van der Waals surface area contributed by atoms with Crippen molar-refractivity contribution >= 4 is 21.6 Å². The number of halogens is 1. The largest absolute Gasteiger partial charge is 0.365 e. The minimum absolute atomic E-state index is 0.104. The molecule has 0 bridgehead atoms. The molecule has 5 nitrogen and oxygen atoms in total. The molecule has 6 heteroatoms. The quantitative estimate of drug-likeness (QED) is 0.830. The molecule has 0 spiro atoms. The molecule has 0 radical (unpaired) electrons. The molecular weight excluding hydrogens is 308 g/mol. The number of nitrogens with one attached hydrogen (secondary N) is 1. The fourth-order valence-corrected chi connectivity index (χ4v) is 3.04. The summed E-state index contributed by atoms with van der Waals surface area (Å²) in [5.74, 6) is 0. The number of anilines is 1. The number of nitrogens with zero attached hydrogens (tertiary/aromatic N) is 3. The van der Waals surface area contributed by atoms with E-state index in [0.717, 1.165) is 31.6 Å². The molecule has 0 aliphatic carbocycles. The number of likely N-dealkylation sites (N-methyl/N-ethyl adjacent to an activating group) is 1. The third-order valence-electron chi connectivity index (χ3n) is 3.39. The Hall–Kier alpha value is -1.14. The molecule has 1 aromatic rings. The van der Waals surface area contributed by atoms with Crippen LogP contribution in [0.4, 0.5) is 5.69 Å². The van der Waals surface area contributed by atoms with Gasteiger partial charge in [0.2, 0.25) is 0 Å². The summed E-state index contributed by atoms with van der Waals surface area (Å²) in [6.07, 6.45) is 5.72. The van der Waals surface area contributed by atoms with Crippen LogP contribution in [-0.2, 0) is 6.54 Å². The van der Waals surface area contributed by atoms with Gasteiger partial charge < -0.3 is 10.2 Å². The van der Waals surface area contributed by atoms with Crippen molar-refractivity contribution in [1.29, 1.82) is 0 Å². The average Bonchev–Trinajstić information content (AvgIpc) is 2.84. The van der Waals surface area contributed by atoms with Crippen molar-refractivity contribution in [3.8, 4) is 0 Å². The van der Waals surface area contributed by atoms with Gasteiger partial charge in [-0.05, 0) is 35.8 Å². The Kier molecular flexibility index (Phi) is 4.76. The molecule has 19 heavy (non-hydrogen) atoms. The van der Waals surface area contributed by atoms with Crippen LogP contribution >= 0.6 is 15.9 Å². The van der Waals surface area contributed by atoms with E-state index >= 15 is 0 Å². The Morgan fingerprint density at radius 2 is 2.47 bits per heavy atom. The summed E-state index contributed by atoms with van der Waals surface area (Å²) < 4.78 is 2.00. The third-order valence-corrected chi connectivity index (χ3v) is 4.14. The molecule has 1 N–H and O–H groups in total. The van der Waals surface area contributed by atoms with Crippen molar-refractivity contribution in [2.45, 2.75) is 25.4 Å². The standard InChI is InChI=1S/C13H19BrN4O/c1-3-6-18-13(19)12(14)11(9-16-18)17-7-4-5-10(17)8-15-2/h3,9-10,15H,1,4-8H2,2H3. The van der Waals surface area contributed by atoms with Gasteiger partial charge in [-0.1, -0.05) is 6.08 Å². The first kappa shape index (κ1) is 14.3. The summed E-state index contributed by atoms with van der Waals surface area (Å²) in [5, 5.41) is 7.41. The van der Waals surface area contributed by atoms with Gasteiger partial charge in [-0.3, -0.25) is 4.79 Å². The molecule has 0 aromatic carbocycles. The van der Waals surface area contributed by atoms with Gasteiger partial charge in [-0.15, -0.1) is 6.58 Å². The maximum atomic E-state index is 12.2. The number of aromatic nitrogens is 2. The van der Waals surface area contributed by atoms with Gasteiger partial charge in [-0.2, -0.15) is 5.10 Å². The van der Waals surface area contributed by atoms with Crippen LogP contribution in [0.3, 0.4) is 0 Å². The van der Waals surface area contributed by atoms with E-state index < -0.39 is 0 Å². The van der Waals surface area contributed by atoms with E-state index in [2.05, 4.69) is 37.8 Å². The summed E-state index contributed by atoms with van der Waals surface area (Å²) in [4.78, 5) is 14.4. The fraction of sp³-hybridized carbons (Fsp3) is 0.538. The van der Waals surface area contributed by atoms with Crippen molar-refractivity contribution < 1.29 is 0 Å². The Morgan fingerprint density at radius 1 is 1.68 bits per heavy atom. The van der Waals surface area contributed by atoms with Crippen molar-refractivity contribution in [3.05, 3.63) is 33.7 Å². The molecule has 1 aliphatic rings. The van der Waals surface area contributed by atoms with Crippen molar-refractivity contribution in [2.24, 2.45) is 0 Å². The number of allylic oxidation sites excluding steroid dienone is 1. The Balaban J connectivity index is 2.32. The van der Waals surface area contributed by atoms with Gasteiger partial charge in [0, 0.05) is 19.1 Å². The molecule has 2 heterocycles. The SMILES string of the molecule is C=CCn1ncc(N2CCCC2CNC)c(Br)c1=O. The summed E-state index contributed by atoms with van der Waals surface area (Å²) in [6.45, 7) is 5.95. The first-order chi connectivity index (χ1) is 9.19. The number of rotatable bonds is 5. The van der Waals surface area contributed by atoms with Gasteiger partial charge in [-0.25, -0.2) is 4.68 Å². The summed E-state index contributed by atoms with van der Waals surface area (Å²) in [7, 11) is 1.95. The maximum Gasteiger partial charge on any atom is 0.283 e. The fourth-order valence-electron chi connectivity index (χ4n) is 2.51. The number of hydrogen-bond donors (Lipinski definition) is 1. The first-order valence-electron chi connectivity index (χ1n) is 6.46. The van der Waals surface area contributed by atoms with Crippen molar-refractivity contribution in [1.82, 2.24) is 15.1 Å². The lowest BCUT2D eigenvalue weighted by molar-refractivity contribution is 0.605. The highest BCUT2D eigenvalue weighted by Gasteiger charge is 2.26. The second kappa shape index (κ2) is 6.34. The van der Waals surface area contributed by atoms with Gasteiger partial charge in [0.05, 0.1) is 18.4 Å². The second-order valence-electron chi connectivity index (χ2n) is 4.67. The first-order valence-corrected chi connectivity index (χ1v) is 7.26. The second-order valence-corrected chi connectivity index (χ2v) is 5.46. The molecule has 1 atom stereocenters. The molecule has 0 saturated carbocycles. The topological polar surface area (TPSA) is 50.2 Å². The zero-order chi connectivity index (χ0) is 13.8. The lowest BCUT2D eigenvalue weighted by atomic mass is 10.2. The minimum Gasteiger partial charge on any atom is -0.365 e. The Bertz CT molecular complexity index is 514. The minimum atomic E-state index is -0.104. The molecule has 2 rings (SSSR count). The van der Waals surface area contributed by atoms with E-state index in [1.807, 2.05) is 7.05 Å². The van der Waals surface area contributed by atoms with Crippen LogP contribution in [0.2, 0.25) is 0 Å². The van der Waals surface area contributed by atoms with Crippen LogP contribution in [0.25, 0.3) is 0 Å². The molecule has 1 aromatic heterocycles. The monoisotopic (exact) mass is 326 g/mol. The zero-order valence-electron chi connectivity index (χ0n) is 11.1. The molecule has 104 valence electrons. The van der Waals surface area contributed by atoms with Gasteiger partial charge >= 0.3 is 0 Å². The van der Waals surface area contributed by atoms with Crippen LogP contribution in [-0.4, -0.2) is 36.0 Å². The van der Waals surface area contributed by atoms with Crippen LogP contribution in [0.1, 0.15) is 12.8 Å². The maximum absolute atomic E-state index is 12.2. The molecule has 1 unspecified atom stereocenters. The summed E-state index contributed by atoms with van der Waals surface area (Å²) in [6, 6.07) is 0.428. The molecular formula is C13H19BrN4O. The van der Waals surface area contributed by atoms with Gasteiger partial charge in [0.25, 0.3) is 5.56 Å². The van der Waals surface area contributed by atoms with E-state index in [1.165, 1.54) is 4.68 Å². The van der Waals surface area contributed by atoms with E-state index in [-0.39, 0.29) is 5.56 Å². The highest BCUT2D eigenvalue weighted by molar-refractivity contribution is 9.10. The Morgan fingerprint density at radius 3 is 3.16 bits per heavy atom. The van der Waals surface area contributed by atoms with Crippen LogP contribution < -0.4 is 15.8 Å². The van der Waals surface area contributed by atoms with E-state index in [9.17, 15) is 4.79 Å². The molecule has 0 amide bonds. The Labute approximate surface area is 121 Å². The predicted octanol–water partition coefficient (Wildman–Crippen LogP) is 1.38. The lowest BCUT2D eigenvalue weighted by Gasteiger charge is -2.27. The molecule has 1 fully saturated rings. The average molecular weight is 327 g/mol. The van der Waals surface area contributed by atoms with Gasteiger partial charge in [0.1, 0.15) is 4.47 Å².